The van der Waals surface area contributed by atoms with Crippen molar-refractivity contribution >= 4 is 16.8 Å². The number of aryl methyl sites for hydroxylation is 2. The van der Waals surface area contributed by atoms with Crippen LogP contribution in [0, 0.1) is 5.82 Å². The minimum Gasteiger partial charge on any atom is -0.356 e. The zero-order chi connectivity index (χ0) is 20.9. The van der Waals surface area contributed by atoms with Gasteiger partial charge in [-0.15, -0.1) is 10.2 Å². The molecule has 0 aliphatic heterocycles. The van der Waals surface area contributed by atoms with Crippen LogP contribution in [0.3, 0.4) is 0 Å². The van der Waals surface area contributed by atoms with E-state index in [0.717, 1.165) is 40.1 Å². The second-order valence-electron chi connectivity index (χ2n) is 7.16. The third-order valence-corrected chi connectivity index (χ3v) is 5.26. The summed E-state index contributed by atoms with van der Waals surface area (Å²) in [5.41, 5.74) is 3.91. The number of H-pyrrole nitrogens is 1. The van der Waals surface area contributed by atoms with E-state index >= 15 is 0 Å². The van der Waals surface area contributed by atoms with E-state index in [1.54, 1.807) is 18.5 Å². The minimum atomic E-state index is -0.269. The molecule has 0 radical (unpaired) electrons. The summed E-state index contributed by atoms with van der Waals surface area (Å²) >= 11 is 0. The van der Waals surface area contributed by atoms with Gasteiger partial charge >= 0.3 is 0 Å². The molecule has 6 nitrogen and oxygen atoms in total. The van der Waals surface area contributed by atoms with Gasteiger partial charge in [-0.3, -0.25) is 4.79 Å². The molecule has 0 saturated heterocycles. The zero-order valence-corrected chi connectivity index (χ0v) is 16.9. The molecular weight excluding hydrogens is 381 g/mol. The molecule has 2 heterocycles. The van der Waals surface area contributed by atoms with Gasteiger partial charge < -0.3 is 14.9 Å². The maximum Gasteiger partial charge on any atom is 0.220 e. The van der Waals surface area contributed by atoms with Gasteiger partial charge in [0.15, 0.2) is 0 Å². The molecule has 7 heteroatoms. The molecule has 30 heavy (non-hydrogen) atoms. The lowest BCUT2D eigenvalue weighted by Gasteiger charge is -2.08. The highest BCUT2D eigenvalue weighted by atomic mass is 19.1. The Morgan fingerprint density at radius 3 is 2.73 bits per heavy atom. The van der Waals surface area contributed by atoms with E-state index in [-0.39, 0.29) is 11.7 Å². The smallest absolute Gasteiger partial charge is 0.220 e. The average Bonchev–Trinajstić information content (AvgIpc) is 3.37. The summed E-state index contributed by atoms with van der Waals surface area (Å²) < 4.78 is 15.3. The number of para-hydroxylation sites is 1. The maximum absolute atomic E-state index is 13.4. The number of aromatic amines is 1. The Hall–Kier alpha value is -3.48. The lowest BCUT2D eigenvalue weighted by molar-refractivity contribution is -0.121. The van der Waals surface area contributed by atoms with Gasteiger partial charge in [-0.05, 0) is 54.8 Å². The Morgan fingerprint density at radius 1 is 1.13 bits per heavy atom. The van der Waals surface area contributed by atoms with Gasteiger partial charge in [0, 0.05) is 42.5 Å². The molecule has 2 aromatic heterocycles. The van der Waals surface area contributed by atoms with Crippen molar-refractivity contribution < 1.29 is 9.18 Å². The number of rotatable bonds is 8. The fourth-order valence-electron chi connectivity index (χ4n) is 3.70. The van der Waals surface area contributed by atoms with E-state index in [4.69, 9.17) is 0 Å². The zero-order valence-electron chi connectivity index (χ0n) is 16.9. The van der Waals surface area contributed by atoms with Crippen LogP contribution < -0.4 is 5.32 Å². The minimum absolute atomic E-state index is 0.00657. The second kappa shape index (κ2) is 8.90. The monoisotopic (exact) mass is 405 g/mol. The van der Waals surface area contributed by atoms with Crippen LogP contribution in [0.4, 0.5) is 4.39 Å². The number of hydrogen-bond donors (Lipinski definition) is 2. The molecule has 0 saturated carbocycles. The van der Waals surface area contributed by atoms with Crippen molar-refractivity contribution in [2.24, 2.45) is 0 Å². The van der Waals surface area contributed by atoms with E-state index in [0.29, 0.717) is 25.8 Å². The van der Waals surface area contributed by atoms with Crippen LogP contribution >= 0.6 is 0 Å². The first-order valence-electron chi connectivity index (χ1n) is 10.1. The molecule has 2 aromatic carbocycles. The molecule has 0 aliphatic rings. The normalized spacial score (nSPS) is 11.1. The SMILES string of the molecule is CCn1cnnc1CCNC(=O)CCc1c(-c2ccc(F)cc2)[nH]c2ccccc12. The van der Waals surface area contributed by atoms with Gasteiger partial charge in [-0.25, -0.2) is 4.39 Å². The van der Waals surface area contributed by atoms with Crippen molar-refractivity contribution in [3.05, 3.63) is 72.1 Å². The largest absolute Gasteiger partial charge is 0.356 e. The summed E-state index contributed by atoms with van der Waals surface area (Å²) in [6.07, 6.45) is 3.31. The first-order valence-corrected chi connectivity index (χ1v) is 10.1. The van der Waals surface area contributed by atoms with Crippen molar-refractivity contribution in [3.63, 3.8) is 0 Å². The van der Waals surface area contributed by atoms with Gasteiger partial charge in [0.1, 0.15) is 18.0 Å². The number of benzene rings is 2. The third-order valence-electron chi connectivity index (χ3n) is 5.26. The summed E-state index contributed by atoms with van der Waals surface area (Å²) in [6.45, 7) is 3.37. The fourth-order valence-corrected chi connectivity index (χ4v) is 3.70. The van der Waals surface area contributed by atoms with Crippen molar-refractivity contribution in [3.8, 4) is 11.3 Å². The first-order chi connectivity index (χ1) is 14.7. The highest BCUT2D eigenvalue weighted by molar-refractivity contribution is 5.91. The number of carbonyl (C=O) groups excluding carboxylic acids is 1. The third kappa shape index (κ3) is 4.25. The highest BCUT2D eigenvalue weighted by Gasteiger charge is 2.14. The predicted molar refractivity (Wildman–Crippen MR) is 114 cm³/mol. The van der Waals surface area contributed by atoms with Gasteiger partial charge in [-0.2, -0.15) is 0 Å². The van der Waals surface area contributed by atoms with Crippen LogP contribution in [-0.2, 0) is 24.2 Å². The number of aromatic nitrogens is 4. The highest BCUT2D eigenvalue weighted by Crippen LogP contribution is 2.31. The number of fused-ring (bicyclic) bond motifs is 1. The number of nitrogens with one attached hydrogen (secondary N) is 2. The van der Waals surface area contributed by atoms with Crippen LogP contribution in [0.25, 0.3) is 22.2 Å². The Bertz CT molecular complexity index is 1150. The summed E-state index contributed by atoms with van der Waals surface area (Å²) in [6, 6.07) is 14.4. The predicted octanol–water partition coefficient (Wildman–Crippen LogP) is 3.88. The van der Waals surface area contributed by atoms with Crippen molar-refractivity contribution in [2.75, 3.05) is 6.54 Å². The van der Waals surface area contributed by atoms with Gasteiger partial charge in [0.2, 0.25) is 5.91 Å². The fraction of sp³-hybridized carbons (Fsp3) is 0.261. The molecule has 2 N–H and O–H groups in total. The van der Waals surface area contributed by atoms with Crippen LogP contribution in [0.2, 0.25) is 0 Å². The Labute approximate surface area is 174 Å². The molecule has 0 atom stereocenters. The quantitative estimate of drug-likeness (QED) is 0.467. The Balaban J connectivity index is 1.44. The first kappa shape index (κ1) is 19.8. The van der Waals surface area contributed by atoms with Crippen LogP contribution in [-0.4, -0.2) is 32.2 Å². The van der Waals surface area contributed by atoms with E-state index in [2.05, 4.69) is 20.5 Å². The average molecular weight is 405 g/mol. The molecule has 1 amide bonds. The van der Waals surface area contributed by atoms with Crippen LogP contribution in [0.5, 0.6) is 0 Å². The maximum atomic E-state index is 13.4. The standard InChI is InChI=1S/C23H24FN5O/c1-2-29-15-26-28-21(29)13-14-25-22(30)12-11-19-18-5-3-4-6-20(18)27-23(19)16-7-9-17(24)10-8-16/h3-10,15,27H,2,11-14H2,1H3,(H,25,30). The van der Waals surface area contributed by atoms with Crippen LogP contribution in [0.1, 0.15) is 24.7 Å². The van der Waals surface area contributed by atoms with Gasteiger partial charge in [0.25, 0.3) is 0 Å². The summed E-state index contributed by atoms with van der Waals surface area (Å²) in [5.74, 6) is 0.593. The van der Waals surface area contributed by atoms with E-state index < -0.39 is 0 Å². The van der Waals surface area contributed by atoms with E-state index in [1.165, 1.54) is 12.1 Å². The molecule has 0 fully saturated rings. The number of hydrogen-bond acceptors (Lipinski definition) is 3. The topological polar surface area (TPSA) is 75.6 Å². The van der Waals surface area contributed by atoms with Gasteiger partial charge in [0.05, 0.1) is 0 Å². The van der Waals surface area contributed by atoms with Gasteiger partial charge in [-0.1, -0.05) is 18.2 Å². The van der Waals surface area contributed by atoms with Crippen molar-refractivity contribution in [1.29, 1.82) is 0 Å². The molecule has 0 unspecified atom stereocenters. The number of halogens is 1. The Morgan fingerprint density at radius 2 is 1.93 bits per heavy atom. The molecule has 0 spiro atoms. The van der Waals surface area contributed by atoms with E-state index in [9.17, 15) is 9.18 Å². The number of nitrogens with zero attached hydrogens (tertiary/aromatic N) is 3. The second-order valence-corrected chi connectivity index (χ2v) is 7.16. The number of amides is 1. The van der Waals surface area contributed by atoms with Crippen molar-refractivity contribution in [2.45, 2.75) is 32.7 Å². The molecule has 0 aliphatic carbocycles. The summed E-state index contributed by atoms with van der Waals surface area (Å²) in [7, 11) is 0. The number of carbonyl (C=O) groups is 1. The van der Waals surface area contributed by atoms with E-state index in [1.807, 2.05) is 35.8 Å². The molecule has 4 aromatic rings. The van der Waals surface area contributed by atoms with Crippen molar-refractivity contribution in [1.82, 2.24) is 25.1 Å². The molecular formula is C23H24FN5O. The molecule has 154 valence electrons. The molecule has 0 bridgehead atoms. The Kier molecular flexibility index (Phi) is 5.88. The lowest BCUT2D eigenvalue weighted by Crippen LogP contribution is -2.26. The van der Waals surface area contributed by atoms with Crippen LogP contribution in [0.15, 0.2) is 54.9 Å². The molecule has 4 rings (SSSR count). The summed E-state index contributed by atoms with van der Waals surface area (Å²) in [5, 5.41) is 12.0. The lowest BCUT2D eigenvalue weighted by atomic mass is 10.0. The summed E-state index contributed by atoms with van der Waals surface area (Å²) in [4.78, 5) is 15.9.